The number of ether oxygens (including phenoxy) is 12. The van der Waals surface area contributed by atoms with Crippen LogP contribution in [0.5, 0.6) is 0 Å². The van der Waals surface area contributed by atoms with E-state index in [1.165, 1.54) is 6.92 Å². The molecule has 6 heterocycles. The van der Waals surface area contributed by atoms with Gasteiger partial charge in [-0.1, -0.05) is 6.42 Å². The van der Waals surface area contributed by atoms with E-state index in [0.717, 1.165) is 12.8 Å². The van der Waals surface area contributed by atoms with Crippen molar-refractivity contribution >= 4 is 29.3 Å². The van der Waals surface area contributed by atoms with Crippen LogP contribution in [0.4, 0.5) is 0 Å². The Bertz CT molecular complexity index is 2490. The third-order valence-electron chi connectivity index (χ3n) is 18.1. The Morgan fingerprint density at radius 1 is 0.385 bits per heavy atom. The summed E-state index contributed by atoms with van der Waals surface area (Å²) in [4.78, 5) is 60.2. The monoisotopic (exact) mass is 1520 g/mol. The van der Waals surface area contributed by atoms with Crippen molar-refractivity contribution in [1.82, 2.24) is 21.5 Å². The van der Waals surface area contributed by atoms with Crippen LogP contribution >= 0.6 is 0 Å². The van der Waals surface area contributed by atoms with Gasteiger partial charge in [-0.25, -0.2) is 5.43 Å². The van der Waals surface area contributed by atoms with Crippen molar-refractivity contribution in [2.45, 2.75) is 288 Å². The fourth-order valence-corrected chi connectivity index (χ4v) is 11.7. The molecule has 6 aliphatic rings. The molecule has 0 aromatic carbocycles. The van der Waals surface area contributed by atoms with Crippen LogP contribution < -0.4 is 27.2 Å². The number of hydrazine groups is 1. The lowest BCUT2D eigenvalue weighted by Gasteiger charge is -2.46. The highest BCUT2D eigenvalue weighted by atomic mass is 16.8. The molecule has 104 heavy (non-hydrogen) atoms. The van der Waals surface area contributed by atoms with Gasteiger partial charge in [0.15, 0.2) is 37.7 Å². The average molecular weight is 1520 g/mol. The van der Waals surface area contributed by atoms with E-state index in [1.807, 2.05) is 6.92 Å². The van der Waals surface area contributed by atoms with Crippen molar-refractivity contribution in [3.8, 4) is 0 Å². The molecule has 606 valence electrons. The number of nitrogens with two attached hydrogens (primary N) is 1. The second-order valence-corrected chi connectivity index (χ2v) is 25.9. The highest BCUT2D eigenvalue weighted by molar-refractivity contribution is 5.82. The van der Waals surface area contributed by atoms with Crippen molar-refractivity contribution < 1.29 is 183 Å². The lowest BCUT2D eigenvalue weighted by atomic mass is 9.96. The first-order chi connectivity index (χ1) is 49.5. The average Bonchev–Trinajstić information content (AvgIpc) is 0.794. The summed E-state index contributed by atoms with van der Waals surface area (Å²) >= 11 is 0. The van der Waals surface area contributed by atoms with E-state index < -0.39 is 230 Å². The highest BCUT2D eigenvalue weighted by Gasteiger charge is 2.55. The van der Waals surface area contributed by atoms with Crippen molar-refractivity contribution in [3.63, 3.8) is 0 Å². The Kier molecular flexibility index (Phi) is 40.4. The molecule has 6 fully saturated rings. The smallest absolute Gasteiger partial charge is 0.234 e. The summed E-state index contributed by atoms with van der Waals surface area (Å²) in [7, 11) is 0. The number of nitrogens with one attached hydrogen (secondary N) is 4. The van der Waals surface area contributed by atoms with E-state index in [4.69, 9.17) is 62.6 Å². The van der Waals surface area contributed by atoms with Crippen LogP contribution in [0.15, 0.2) is 0 Å². The molecule has 0 radical (unpaired) electrons. The van der Waals surface area contributed by atoms with Crippen molar-refractivity contribution in [2.75, 3.05) is 72.5 Å². The summed E-state index contributed by atoms with van der Waals surface area (Å²) in [5.41, 5.74) is 10.7. The number of amides is 3. The predicted octanol–water partition coefficient (Wildman–Crippen LogP) is -12.7. The normalized spacial score (nSPS) is 38.5. The van der Waals surface area contributed by atoms with Gasteiger partial charge in [0.05, 0.1) is 58.9 Å². The van der Waals surface area contributed by atoms with E-state index in [-0.39, 0.29) is 81.2 Å². The Morgan fingerprint density at radius 2 is 0.740 bits per heavy atom. The van der Waals surface area contributed by atoms with Gasteiger partial charge in [-0.3, -0.25) is 29.4 Å². The van der Waals surface area contributed by atoms with E-state index in [9.17, 15) is 126 Å². The van der Waals surface area contributed by atoms with Crippen molar-refractivity contribution in [2.24, 2.45) is 5.73 Å². The second-order valence-electron chi connectivity index (χ2n) is 25.9. The lowest BCUT2D eigenvalue weighted by Crippen LogP contribution is -2.65. The molecule has 42 nitrogen and oxygen atoms in total. The summed E-state index contributed by atoms with van der Waals surface area (Å²) in [6.07, 6.45) is -45.0. The van der Waals surface area contributed by atoms with E-state index in [0.29, 0.717) is 51.6 Å². The number of rotatable bonds is 41. The maximum atomic E-state index is 12.4. The Morgan fingerprint density at radius 3 is 1.14 bits per heavy atom. The third-order valence-corrected chi connectivity index (χ3v) is 18.1. The molecule has 0 saturated carbocycles. The standard InChI is InChI=1S/C33H60N4O19.C29H51NO18/c1-15(40)16(6-4-5-9-34)36-37-21(42)8-3-2-7-20(41)35-10-11-51-32-29(50)30(56-33-28(49)26(47)23(44)18(13-39)54-33)24(45)19(55-32)14-52-31-27(48)25(46)22(43)17(12-38)53-31;1-2-30-17(34)8-4-3-6-13(33)7-5-9-43-28-25(42)26(48-29-24(41)22(39)19(36)15(11-32)46-29)20(37)16(47-28)12-44-27-23(40)21(38)18(35)14(10-31)45-27/h16-19,22-33,36,38-39,43-50H,2-14,34H2,1H3,(H,35,41)(H,37,42);14-16,18-29,31-32,35-42H,2-12H2,1H3,(H,30,34)/t16-,17+,18+,19+,22+,23+,24+,25-,26-,27-,28-,29-,30-,31-,32+,33+;14-,15-,16-,18-,19-,20-,21+,22+,23+,24+,25+,26+,27+,28-,29-/m01/s1. The van der Waals surface area contributed by atoms with Gasteiger partial charge >= 0.3 is 0 Å². The van der Waals surface area contributed by atoms with Gasteiger partial charge in [0.25, 0.3) is 0 Å². The summed E-state index contributed by atoms with van der Waals surface area (Å²) < 4.78 is 66.4. The molecule has 0 aromatic heterocycles. The predicted molar refractivity (Wildman–Crippen MR) is 341 cm³/mol. The Hall–Kier alpha value is -3.61. The summed E-state index contributed by atoms with van der Waals surface area (Å²) in [5.74, 6) is -0.985. The van der Waals surface area contributed by atoms with Crippen LogP contribution in [0.2, 0.25) is 0 Å². The van der Waals surface area contributed by atoms with Gasteiger partial charge in [0.2, 0.25) is 17.7 Å². The largest absolute Gasteiger partial charge is 0.394 e. The highest BCUT2D eigenvalue weighted by Crippen LogP contribution is 2.34. The molecule has 0 aromatic rings. The number of aliphatic hydroxyl groups excluding tert-OH is 20. The van der Waals surface area contributed by atoms with E-state index >= 15 is 0 Å². The summed E-state index contributed by atoms with van der Waals surface area (Å²) in [5, 5.41) is 210. The topological polar surface area (TPSA) is 675 Å². The number of hydrogen-bond donors (Lipinski definition) is 25. The molecule has 26 N–H and O–H groups in total. The fraction of sp³-hybridized carbons (Fsp3) is 0.919. The molecular weight excluding hydrogens is 1410 g/mol. The zero-order valence-electron chi connectivity index (χ0n) is 57.8. The molecule has 0 unspecified atom stereocenters. The van der Waals surface area contributed by atoms with Crippen LogP contribution in [-0.4, -0.2) is 394 Å². The lowest BCUT2D eigenvalue weighted by molar-refractivity contribution is -0.366. The Balaban J connectivity index is 0.000000378. The zero-order chi connectivity index (χ0) is 77.1. The van der Waals surface area contributed by atoms with Crippen LogP contribution in [-0.2, 0) is 80.8 Å². The minimum atomic E-state index is -1.91. The first kappa shape index (κ1) is 91.0. The van der Waals surface area contributed by atoms with Crippen molar-refractivity contribution in [1.29, 1.82) is 0 Å². The molecule has 42 heteroatoms. The first-order valence-corrected chi connectivity index (χ1v) is 34.8. The van der Waals surface area contributed by atoms with Gasteiger partial charge in [-0.2, -0.15) is 0 Å². The number of Topliss-reactive ketones (excluding diaryl/α,β-unsaturated/α-hetero) is 2. The molecule has 0 bridgehead atoms. The molecule has 6 aliphatic heterocycles. The number of hydrogen-bond acceptors (Lipinski definition) is 39. The number of unbranched alkanes of at least 4 members (excludes halogenated alkanes) is 3. The quantitative estimate of drug-likeness (QED) is 0.0200. The molecule has 3 amide bonds. The van der Waals surface area contributed by atoms with Gasteiger partial charge < -0.3 is 175 Å². The maximum absolute atomic E-state index is 12.4. The van der Waals surface area contributed by atoms with Gasteiger partial charge in [0, 0.05) is 45.2 Å². The fourth-order valence-electron chi connectivity index (χ4n) is 11.7. The third kappa shape index (κ3) is 26.6. The summed E-state index contributed by atoms with van der Waals surface area (Å²) in [6.45, 7) is -0.420. The minimum absolute atomic E-state index is 0.0651. The van der Waals surface area contributed by atoms with Crippen LogP contribution in [0.25, 0.3) is 0 Å². The van der Waals surface area contributed by atoms with Crippen LogP contribution in [0.3, 0.4) is 0 Å². The van der Waals surface area contributed by atoms with Crippen molar-refractivity contribution in [3.05, 3.63) is 0 Å². The zero-order valence-corrected chi connectivity index (χ0v) is 57.8. The molecule has 6 saturated heterocycles. The molecular formula is C62H111N5O37. The number of aliphatic hydroxyl groups is 20. The number of ketones is 2. The van der Waals surface area contributed by atoms with Crippen LogP contribution in [0.1, 0.15) is 97.3 Å². The van der Waals surface area contributed by atoms with Gasteiger partial charge in [-0.05, 0) is 65.3 Å². The van der Waals surface area contributed by atoms with Crippen LogP contribution in [0, 0.1) is 0 Å². The molecule has 6 rings (SSSR count). The van der Waals surface area contributed by atoms with E-state index in [2.05, 4.69) is 21.5 Å². The summed E-state index contributed by atoms with van der Waals surface area (Å²) in [6, 6.07) is -0.528. The van der Waals surface area contributed by atoms with Gasteiger partial charge in [-0.15, -0.1) is 0 Å². The minimum Gasteiger partial charge on any atom is -0.394 e. The molecule has 0 spiro atoms. The SMILES string of the molecule is CC(=O)[C@H](CCCCN)NNC(=O)CCCCC(=O)NCCO[C@@H]1O[C@H](CO[C@H]2O[C@H](CO)[C@@H](O)[C@H](O)[C@@H]2O)[C@@H](O)[C@H](O[C@H]2O[C@H](CO)[C@@H](O)[C@H](O)[C@@H]2O)[C@@H]1O.CCNC(=O)CCCCC(=O)CCCO[C@@H]1O[C@H](CO[C@H]2O[C@H](CO)[C@@H](O)[C@H](O)[C@@H]2O)[C@@H](O)[C@H](O[C@H]2O[C@H](CO)[C@@H](O)[C@H](O)[C@@H]2O)[C@@H]1O. The number of carbonyl (C=O) groups excluding carboxylic acids is 5. The number of carbonyl (C=O) groups is 5. The van der Waals surface area contributed by atoms with E-state index in [1.54, 1.807) is 0 Å². The van der Waals surface area contributed by atoms with Gasteiger partial charge in [0.1, 0.15) is 158 Å². The second kappa shape index (κ2) is 46.1. The first-order valence-electron chi connectivity index (χ1n) is 34.8. The Labute approximate surface area is 598 Å². The molecule has 31 atom stereocenters. The molecule has 0 aliphatic carbocycles. The maximum Gasteiger partial charge on any atom is 0.234 e.